The van der Waals surface area contributed by atoms with Gasteiger partial charge in [-0.2, -0.15) is 13.2 Å². The molecule has 2 aromatic carbocycles. The Morgan fingerprint density at radius 2 is 1.65 bits per heavy atom. The van der Waals surface area contributed by atoms with Gasteiger partial charge in [-0.05, 0) is 90.4 Å². The lowest BCUT2D eigenvalue weighted by Crippen LogP contribution is -2.63. The number of anilines is 1. The van der Waals surface area contributed by atoms with Crippen molar-refractivity contribution in [1.82, 2.24) is 34.5 Å². The third-order valence-electron chi connectivity index (χ3n) is 11.0. The van der Waals surface area contributed by atoms with Gasteiger partial charge in [0.2, 0.25) is 5.91 Å². The number of halogens is 4. The SMILES string of the molecule is Nc1c(Br)cc(C[C@@H](NC(=O)N2CCC(n3c(=O)[nH]c4ccccc43)CC2)C(=O)N2CCN(C3CN4CCC3CC4)CC2)cc1C(F)(F)F. The summed E-state index contributed by atoms with van der Waals surface area (Å²) in [5.41, 5.74) is 5.93. The first kappa shape index (κ1) is 33.9. The van der Waals surface area contributed by atoms with E-state index in [9.17, 15) is 27.6 Å². The number of urea groups is 1. The molecule has 8 rings (SSSR count). The minimum atomic E-state index is -4.69. The van der Waals surface area contributed by atoms with E-state index < -0.39 is 29.5 Å². The van der Waals surface area contributed by atoms with E-state index in [1.807, 2.05) is 24.3 Å². The van der Waals surface area contributed by atoms with Crippen LogP contribution in [0.15, 0.2) is 45.7 Å². The third kappa shape index (κ3) is 6.93. The van der Waals surface area contributed by atoms with E-state index in [0.717, 1.165) is 36.7 Å². The van der Waals surface area contributed by atoms with Crippen LogP contribution in [0.25, 0.3) is 11.0 Å². The van der Waals surface area contributed by atoms with Crippen molar-refractivity contribution in [2.75, 3.05) is 64.6 Å². The molecule has 2 bridgehead atoms. The molecule has 4 N–H and O–H groups in total. The Labute approximate surface area is 290 Å². The van der Waals surface area contributed by atoms with Crippen LogP contribution in [0.4, 0.5) is 23.7 Å². The number of piperidine rings is 4. The van der Waals surface area contributed by atoms with E-state index in [0.29, 0.717) is 64.1 Å². The van der Waals surface area contributed by atoms with Crippen LogP contribution in [-0.4, -0.2) is 112 Å². The van der Waals surface area contributed by atoms with Crippen LogP contribution >= 0.6 is 15.9 Å². The van der Waals surface area contributed by atoms with Crippen LogP contribution in [0.3, 0.4) is 0 Å². The molecular weight excluding hydrogens is 705 g/mol. The second kappa shape index (κ2) is 13.6. The molecule has 2 atom stereocenters. The summed E-state index contributed by atoms with van der Waals surface area (Å²) in [6, 6.07) is 8.74. The highest BCUT2D eigenvalue weighted by atomic mass is 79.9. The van der Waals surface area contributed by atoms with Crippen molar-refractivity contribution in [3.63, 3.8) is 0 Å². The molecule has 11 nitrogen and oxygen atoms in total. The summed E-state index contributed by atoms with van der Waals surface area (Å²) in [4.78, 5) is 51.8. The standard InChI is InChI=1S/C34H42BrF3N8O3/c35-25-18-21(17-24(30(25)39)34(36,37)38)19-27(31(47)44-15-13-43(14-16-44)29-20-42-9-5-22(29)6-10-42)41-32(48)45-11-7-23(8-12-45)46-28-4-2-1-3-26(28)40-33(46)49/h1-4,17-18,22-23,27,29H,5-16,19-20,39H2,(H,40,49)(H,41,48)/t27-,29?/m1/s1. The van der Waals surface area contributed by atoms with Crippen molar-refractivity contribution in [2.24, 2.45) is 5.92 Å². The first-order valence-electron chi connectivity index (χ1n) is 17.1. The summed E-state index contributed by atoms with van der Waals surface area (Å²) in [5, 5.41) is 2.88. The number of alkyl halides is 3. The van der Waals surface area contributed by atoms with Gasteiger partial charge in [-0.15, -0.1) is 0 Å². The summed E-state index contributed by atoms with van der Waals surface area (Å²) in [6.45, 7) is 6.46. The number of piperazine rings is 1. The number of para-hydroxylation sites is 2. The zero-order chi connectivity index (χ0) is 34.4. The Hall–Kier alpha value is -3.56. The highest BCUT2D eigenvalue weighted by molar-refractivity contribution is 9.10. The zero-order valence-corrected chi connectivity index (χ0v) is 28.8. The molecule has 5 aliphatic rings. The molecule has 5 fully saturated rings. The number of aromatic nitrogens is 2. The second-order valence-electron chi connectivity index (χ2n) is 13.8. The van der Waals surface area contributed by atoms with Crippen LogP contribution in [0.2, 0.25) is 0 Å². The number of aromatic amines is 1. The van der Waals surface area contributed by atoms with E-state index >= 15 is 0 Å². The average molecular weight is 748 g/mol. The molecule has 1 unspecified atom stereocenters. The van der Waals surface area contributed by atoms with Crippen LogP contribution < -0.4 is 16.7 Å². The van der Waals surface area contributed by atoms with Crippen LogP contribution in [0.5, 0.6) is 0 Å². The van der Waals surface area contributed by atoms with Crippen LogP contribution in [0, 0.1) is 5.92 Å². The molecule has 0 saturated carbocycles. The first-order chi connectivity index (χ1) is 23.5. The number of nitrogens with zero attached hydrogens (tertiary/aromatic N) is 5. The monoisotopic (exact) mass is 746 g/mol. The number of nitrogens with two attached hydrogens (primary N) is 1. The van der Waals surface area contributed by atoms with Gasteiger partial charge in [0, 0.05) is 68.8 Å². The molecule has 49 heavy (non-hydrogen) atoms. The second-order valence-corrected chi connectivity index (χ2v) is 14.7. The number of nitrogen functional groups attached to an aromatic ring is 1. The number of likely N-dealkylation sites (tertiary alicyclic amines) is 1. The van der Waals surface area contributed by atoms with Crippen molar-refractivity contribution in [3.05, 3.63) is 62.5 Å². The van der Waals surface area contributed by atoms with Gasteiger partial charge in [0.15, 0.2) is 0 Å². The molecule has 0 radical (unpaired) electrons. The largest absolute Gasteiger partial charge is 0.418 e. The first-order valence-corrected chi connectivity index (χ1v) is 17.9. The number of hydrogen-bond acceptors (Lipinski definition) is 6. The van der Waals surface area contributed by atoms with Gasteiger partial charge < -0.3 is 30.7 Å². The number of amides is 3. The van der Waals surface area contributed by atoms with E-state index in [-0.39, 0.29) is 34.1 Å². The zero-order valence-electron chi connectivity index (χ0n) is 27.2. The van der Waals surface area contributed by atoms with Crippen molar-refractivity contribution in [2.45, 2.75) is 56.4 Å². The van der Waals surface area contributed by atoms with Gasteiger partial charge in [0.05, 0.1) is 22.3 Å². The van der Waals surface area contributed by atoms with E-state index in [1.165, 1.54) is 18.9 Å². The van der Waals surface area contributed by atoms with Gasteiger partial charge in [-0.25, -0.2) is 9.59 Å². The van der Waals surface area contributed by atoms with Gasteiger partial charge in [0.25, 0.3) is 0 Å². The smallest absolute Gasteiger partial charge is 0.397 e. The lowest BCUT2D eigenvalue weighted by Gasteiger charge is -2.51. The Morgan fingerprint density at radius 1 is 0.959 bits per heavy atom. The molecule has 5 saturated heterocycles. The maximum absolute atomic E-state index is 14.1. The minimum Gasteiger partial charge on any atom is -0.397 e. The fraction of sp³-hybridized carbons (Fsp3) is 0.559. The molecule has 264 valence electrons. The van der Waals surface area contributed by atoms with Crippen LogP contribution in [-0.2, 0) is 17.4 Å². The molecule has 15 heteroatoms. The number of H-pyrrole nitrogens is 1. The molecule has 3 amide bonds. The summed E-state index contributed by atoms with van der Waals surface area (Å²) < 4.78 is 43.4. The molecule has 5 aliphatic heterocycles. The lowest BCUT2D eigenvalue weighted by atomic mass is 9.83. The Kier molecular flexibility index (Phi) is 9.43. The normalized spacial score (nSPS) is 24.4. The number of hydrogen-bond donors (Lipinski definition) is 3. The number of rotatable bonds is 6. The number of carbonyl (C=O) groups is 2. The number of benzene rings is 2. The van der Waals surface area contributed by atoms with Gasteiger partial charge in [-0.3, -0.25) is 14.3 Å². The Morgan fingerprint density at radius 3 is 2.31 bits per heavy atom. The quantitative estimate of drug-likeness (QED) is 0.329. The summed E-state index contributed by atoms with van der Waals surface area (Å²) in [5.74, 6) is 0.355. The maximum atomic E-state index is 14.1. The molecule has 1 aromatic heterocycles. The fourth-order valence-corrected chi connectivity index (χ4v) is 8.82. The number of nitrogens with one attached hydrogen (secondary N) is 2. The lowest BCUT2D eigenvalue weighted by molar-refractivity contribution is -0.137. The van der Waals surface area contributed by atoms with Crippen LogP contribution in [0.1, 0.15) is 42.9 Å². The molecule has 6 heterocycles. The van der Waals surface area contributed by atoms with Crippen molar-refractivity contribution < 1.29 is 22.8 Å². The average Bonchev–Trinajstić information content (AvgIpc) is 3.44. The van der Waals surface area contributed by atoms with Gasteiger partial charge >= 0.3 is 17.9 Å². The molecular formula is C34H42BrF3N8O3. The summed E-state index contributed by atoms with van der Waals surface area (Å²) in [7, 11) is 0. The topological polar surface area (TPSA) is 123 Å². The van der Waals surface area contributed by atoms with E-state index in [2.05, 4.69) is 36.0 Å². The summed E-state index contributed by atoms with van der Waals surface area (Å²) in [6.07, 6.45) is -1.35. The number of carbonyl (C=O) groups excluding carboxylic acids is 2. The highest BCUT2D eigenvalue weighted by Crippen LogP contribution is 2.38. The Balaban J connectivity index is 1.05. The predicted molar refractivity (Wildman–Crippen MR) is 183 cm³/mol. The predicted octanol–water partition coefficient (Wildman–Crippen LogP) is 3.89. The minimum absolute atomic E-state index is 0.0792. The number of fused-ring (bicyclic) bond motifs is 4. The van der Waals surface area contributed by atoms with Crippen molar-refractivity contribution in [1.29, 1.82) is 0 Å². The molecule has 0 aliphatic carbocycles. The third-order valence-corrected chi connectivity index (χ3v) is 11.6. The van der Waals surface area contributed by atoms with Crippen molar-refractivity contribution in [3.8, 4) is 0 Å². The summed E-state index contributed by atoms with van der Waals surface area (Å²) >= 11 is 3.16. The van der Waals surface area contributed by atoms with Crippen molar-refractivity contribution >= 4 is 44.6 Å². The highest BCUT2D eigenvalue weighted by Gasteiger charge is 2.40. The fourth-order valence-electron chi connectivity index (χ4n) is 8.31. The van der Waals surface area contributed by atoms with Gasteiger partial charge in [-0.1, -0.05) is 12.1 Å². The van der Waals surface area contributed by atoms with E-state index in [1.54, 1.807) is 14.4 Å². The Bertz CT molecular complexity index is 1760. The maximum Gasteiger partial charge on any atom is 0.418 e. The molecule has 0 spiro atoms. The van der Waals surface area contributed by atoms with Gasteiger partial charge in [0.1, 0.15) is 6.04 Å². The number of imidazole rings is 1. The van der Waals surface area contributed by atoms with E-state index in [4.69, 9.17) is 5.73 Å². The molecule has 3 aromatic rings.